The zero-order valence-electron chi connectivity index (χ0n) is 28.7. The van der Waals surface area contributed by atoms with E-state index in [0.29, 0.717) is 31.8 Å². The van der Waals surface area contributed by atoms with Gasteiger partial charge in [-0.1, -0.05) is 0 Å². The summed E-state index contributed by atoms with van der Waals surface area (Å²) in [5.41, 5.74) is 0.270. The summed E-state index contributed by atoms with van der Waals surface area (Å²) >= 11 is 32.0. The summed E-state index contributed by atoms with van der Waals surface area (Å²) in [7, 11) is 0. The first-order valence-corrected chi connectivity index (χ1v) is 25.7. The van der Waals surface area contributed by atoms with Gasteiger partial charge in [-0.05, 0) is 0 Å². The molecule has 0 saturated heterocycles. The van der Waals surface area contributed by atoms with Crippen molar-refractivity contribution in [3.63, 3.8) is 0 Å². The predicted molar refractivity (Wildman–Crippen MR) is 213 cm³/mol. The van der Waals surface area contributed by atoms with E-state index in [0.717, 1.165) is 88.5 Å². The standard InChI is InChI=1S/2C10H6Cl3NO3.2C8H17.Sn/c2*11-5-3-6(12)10(7(13)4-5)14-8(15)1-2-9(16)17;2*1-3-5-7-8-6-4-2;/h2*1-4H,(H,14,15)(H,16,17);2*1,3-8H2,2H3;/q;;;;+2/p-2/b2*2-1+;;;. The van der Waals surface area contributed by atoms with E-state index in [9.17, 15) is 19.2 Å². The van der Waals surface area contributed by atoms with Gasteiger partial charge >= 0.3 is 338 Å². The fourth-order valence-electron chi connectivity index (χ4n) is 5.07. The number of amides is 2. The molecule has 0 bridgehead atoms. The maximum atomic E-state index is 13.3. The third-order valence-corrected chi connectivity index (χ3v) is 18.9. The molecule has 2 rings (SSSR count). The minimum atomic E-state index is -4.56. The van der Waals surface area contributed by atoms with Gasteiger partial charge in [0, 0.05) is 0 Å². The van der Waals surface area contributed by atoms with Gasteiger partial charge in [-0.25, -0.2) is 0 Å². The van der Waals surface area contributed by atoms with Gasteiger partial charge in [0.15, 0.2) is 0 Å². The van der Waals surface area contributed by atoms with E-state index in [-0.39, 0.29) is 31.5 Å². The van der Waals surface area contributed by atoms with Crippen LogP contribution in [0.1, 0.15) is 90.9 Å². The number of anilines is 2. The van der Waals surface area contributed by atoms with Crippen LogP contribution in [0.25, 0.3) is 0 Å². The quantitative estimate of drug-likeness (QED) is 0.0691. The van der Waals surface area contributed by atoms with Crippen molar-refractivity contribution in [2.75, 3.05) is 10.6 Å². The van der Waals surface area contributed by atoms with E-state index < -0.39 is 43.0 Å². The van der Waals surface area contributed by atoms with E-state index in [1.54, 1.807) is 0 Å². The zero-order valence-corrected chi connectivity index (χ0v) is 36.1. The molecule has 280 valence electrons. The third kappa shape index (κ3) is 17.8. The molecule has 0 unspecified atom stereocenters. The summed E-state index contributed by atoms with van der Waals surface area (Å²) in [5, 5.41) is 6.15. The second-order valence-electron chi connectivity index (χ2n) is 11.9. The van der Waals surface area contributed by atoms with Gasteiger partial charge in [-0.2, -0.15) is 0 Å². The molecule has 2 aromatic rings. The Kier molecular flexibility index (Phi) is 22.0. The van der Waals surface area contributed by atoms with Gasteiger partial charge in [0.2, 0.25) is 0 Å². The third-order valence-electron chi connectivity index (χ3n) is 7.65. The first-order chi connectivity index (χ1) is 24.3. The first-order valence-electron chi connectivity index (χ1n) is 17.0. The number of carbonyl (C=O) groups is 4. The fraction of sp³-hybridized carbons (Fsp3) is 0.444. The molecule has 0 heterocycles. The monoisotopic (exact) mass is 930 g/mol. The van der Waals surface area contributed by atoms with E-state index in [4.69, 9.17) is 75.8 Å². The van der Waals surface area contributed by atoms with Crippen LogP contribution in [-0.4, -0.2) is 43.0 Å². The van der Waals surface area contributed by atoms with Crippen LogP contribution in [0.15, 0.2) is 48.6 Å². The van der Waals surface area contributed by atoms with Gasteiger partial charge in [-0.3, -0.25) is 0 Å². The fourth-order valence-corrected chi connectivity index (χ4v) is 15.9. The summed E-state index contributed by atoms with van der Waals surface area (Å²) in [6.45, 7) is 4.28. The van der Waals surface area contributed by atoms with Crippen LogP contribution in [0.2, 0.25) is 39.0 Å². The Labute approximate surface area is 335 Å². The molecule has 0 radical (unpaired) electrons. The maximum absolute atomic E-state index is 13.3. The normalized spacial score (nSPS) is 11.6. The molecule has 0 saturated carbocycles. The molecule has 2 amide bonds. The number of hydrogen-bond acceptors (Lipinski definition) is 6. The van der Waals surface area contributed by atoms with E-state index >= 15 is 0 Å². The molecular formula is C36H44Cl6N2O6Sn. The number of hydrogen-bond donors (Lipinski definition) is 2. The van der Waals surface area contributed by atoms with Gasteiger partial charge in [0.05, 0.1) is 0 Å². The zero-order chi connectivity index (χ0) is 37.8. The number of unbranched alkanes of at least 4 members (excludes halogenated alkanes) is 10. The van der Waals surface area contributed by atoms with Crippen molar-refractivity contribution in [1.29, 1.82) is 0 Å². The van der Waals surface area contributed by atoms with Crippen LogP contribution in [0, 0.1) is 0 Å². The van der Waals surface area contributed by atoms with Gasteiger partial charge in [0.25, 0.3) is 0 Å². The van der Waals surface area contributed by atoms with Crippen LogP contribution in [-0.2, 0) is 25.3 Å². The second kappa shape index (κ2) is 24.6. The molecule has 2 aromatic carbocycles. The summed E-state index contributed by atoms with van der Waals surface area (Å²) in [6, 6.07) is 5.68. The number of halogens is 6. The second-order valence-corrected chi connectivity index (χ2v) is 23.6. The number of carbonyl (C=O) groups excluding carboxylic acids is 4. The molecule has 0 aromatic heterocycles. The topological polar surface area (TPSA) is 111 Å². The van der Waals surface area contributed by atoms with Crippen LogP contribution in [0.4, 0.5) is 11.4 Å². The molecular weight excluding hydrogens is 888 g/mol. The molecule has 0 aliphatic carbocycles. The van der Waals surface area contributed by atoms with Crippen molar-refractivity contribution >= 4 is 124 Å². The molecule has 15 heteroatoms. The van der Waals surface area contributed by atoms with Crippen molar-refractivity contribution in [1.82, 2.24) is 0 Å². The Bertz CT molecular complexity index is 1390. The summed E-state index contributed by atoms with van der Waals surface area (Å²) in [4.78, 5) is 51.9. The van der Waals surface area contributed by atoms with Crippen LogP contribution >= 0.6 is 69.6 Å². The molecule has 0 aliphatic rings. The Hall–Kier alpha value is -1.66. The Balaban J connectivity index is 2.27. The summed E-state index contributed by atoms with van der Waals surface area (Å²) in [5.74, 6) is -2.99. The Morgan fingerprint density at radius 1 is 0.529 bits per heavy atom. The van der Waals surface area contributed by atoms with Gasteiger partial charge in [-0.15, -0.1) is 0 Å². The average molecular weight is 932 g/mol. The molecule has 51 heavy (non-hydrogen) atoms. The number of benzene rings is 2. The van der Waals surface area contributed by atoms with Crippen molar-refractivity contribution in [2.24, 2.45) is 0 Å². The first kappa shape index (κ1) is 45.5. The van der Waals surface area contributed by atoms with Crippen LogP contribution in [0.5, 0.6) is 0 Å². The van der Waals surface area contributed by atoms with Crippen molar-refractivity contribution in [3.05, 3.63) is 78.7 Å². The Morgan fingerprint density at radius 3 is 1.18 bits per heavy atom. The summed E-state index contributed by atoms with van der Waals surface area (Å²) in [6.07, 6.45) is 15.7. The van der Waals surface area contributed by atoms with E-state index in [1.807, 2.05) is 0 Å². The van der Waals surface area contributed by atoms with Crippen LogP contribution < -0.4 is 10.6 Å². The van der Waals surface area contributed by atoms with Gasteiger partial charge in [0.1, 0.15) is 0 Å². The molecule has 2 N–H and O–H groups in total. The van der Waals surface area contributed by atoms with Gasteiger partial charge < -0.3 is 0 Å². The molecule has 0 aliphatic heterocycles. The van der Waals surface area contributed by atoms with Crippen LogP contribution in [0.3, 0.4) is 0 Å². The predicted octanol–water partition coefficient (Wildman–Crippen LogP) is 12.5. The van der Waals surface area contributed by atoms with Crippen molar-refractivity contribution in [2.45, 2.75) is 99.8 Å². The number of rotatable bonds is 22. The Morgan fingerprint density at radius 2 is 0.843 bits per heavy atom. The minimum absolute atomic E-state index is 0.123. The molecule has 0 spiro atoms. The SMILES string of the molecule is CCCCCCC[CH2][Sn]([CH2]CCCCCCC)([O]C(=O)/C=C/C(=O)Nc1c(Cl)cc(Cl)cc1Cl)[O]C(=O)/C=C/C(=O)Nc1c(Cl)cc(Cl)cc1Cl. The van der Waals surface area contributed by atoms with Crippen molar-refractivity contribution in [3.8, 4) is 0 Å². The van der Waals surface area contributed by atoms with E-state index in [1.165, 1.54) is 24.3 Å². The molecule has 8 nitrogen and oxygen atoms in total. The average Bonchev–Trinajstić information content (AvgIpc) is 3.05. The summed E-state index contributed by atoms with van der Waals surface area (Å²) < 4.78 is 13.0. The number of nitrogens with one attached hydrogen (secondary N) is 2. The molecule has 0 fully saturated rings. The molecule has 0 atom stereocenters. The van der Waals surface area contributed by atoms with E-state index in [2.05, 4.69) is 24.5 Å². The van der Waals surface area contributed by atoms with Crippen molar-refractivity contribution < 1.29 is 25.3 Å².